The Labute approximate surface area is 164 Å². The smallest absolute Gasteiger partial charge is 0.245 e. The van der Waals surface area contributed by atoms with Crippen molar-refractivity contribution in [1.82, 2.24) is 9.80 Å². The van der Waals surface area contributed by atoms with Crippen LogP contribution in [-0.4, -0.2) is 54.3 Å². The molecule has 0 aromatic heterocycles. The zero-order valence-corrected chi connectivity index (χ0v) is 15.9. The van der Waals surface area contributed by atoms with Crippen LogP contribution in [0, 0.1) is 5.82 Å². The maximum Gasteiger partial charge on any atom is 0.245 e. The third kappa shape index (κ3) is 3.52. The summed E-state index contributed by atoms with van der Waals surface area (Å²) in [6, 6.07) is 15.4. The van der Waals surface area contributed by atoms with Crippen molar-refractivity contribution in [2.24, 2.45) is 0 Å². The van der Waals surface area contributed by atoms with Crippen molar-refractivity contribution in [3.63, 3.8) is 0 Å². The van der Waals surface area contributed by atoms with Crippen LogP contribution in [0.3, 0.4) is 0 Å². The van der Waals surface area contributed by atoms with Gasteiger partial charge in [0.1, 0.15) is 11.9 Å². The van der Waals surface area contributed by atoms with Gasteiger partial charge in [0.2, 0.25) is 11.8 Å². The van der Waals surface area contributed by atoms with E-state index < -0.39 is 6.04 Å². The Hall–Kier alpha value is -2.73. The summed E-state index contributed by atoms with van der Waals surface area (Å²) >= 11 is 0. The molecule has 146 valence electrons. The molecule has 2 amide bonds. The molecule has 2 aromatic carbocycles. The quantitative estimate of drug-likeness (QED) is 0.821. The molecule has 2 heterocycles. The SMILES string of the molecule is CN1CCN(C(=O)C2CCC(=O)N2c2ccccc2)CC1c1ccc(F)cc1. The molecule has 2 saturated heterocycles. The van der Waals surface area contributed by atoms with Crippen LogP contribution in [0.25, 0.3) is 0 Å². The van der Waals surface area contributed by atoms with Crippen molar-refractivity contribution in [2.45, 2.75) is 24.9 Å². The van der Waals surface area contributed by atoms with Crippen LogP contribution in [0.5, 0.6) is 0 Å². The van der Waals surface area contributed by atoms with Gasteiger partial charge in [0, 0.05) is 31.7 Å². The Morgan fingerprint density at radius 3 is 2.46 bits per heavy atom. The number of rotatable bonds is 3. The molecule has 0 aliphatic carbocycles. The summed E-state index contributed by atoms with van der Waals surface area (Å²) in [5, 5.41) is 0. The normalized spacial score (nSPS) is 23.3. The highest BCUT2D eigenvalue weighted by atomic mass is 19.1. The Morgan fingerprint density at radius 2 is 1.75 bits per heavy atom. The highest BCUT2D eigenvalue weighted by Gasteiger charge is 2.40. The molecule has 2 atom stereocenters. The van der Waals surface area contributed by atoms with Crippen molar-refractivity contribution >= 4 is 17.5 Å². The van der Waals surface area contributed by atoms with Crippen molar-refractivity contribution in [3.05, 3.63) is 66.0 Å². The van der Waals surface area contributed by atoms with Crippen LogP contribution < -0.4 is 4.90 Å². The second-order valence-corrected chi connectivity index (χ2v) is 7.49. The lowest BCUT2D eigenvalue weighted by atomic mass is 10.0. The predicted molar refractivity (Wildman–Crippen MR) is 105 cm³/mol. The van der Waals surface area contributed by atoms with Gasteiger partial charge in [0.05, 0.1) is 6.04 Å². The summed E-state index contributed by atoms with van der Waals surface area (Å²) in [6.07, 6.45) is 0.931. The van der Waals surface area contributed by atoms with Crippen LogP contribution in [-0.2, 0) is 9.59 Å². The molecule has 2 fully saturated rings. The number of nitrogens with zero attached hydrogens (tertiary/aromatic N) is 3. The molecule has 6 heteroatoms. The van der Waals surface area contributed by atoms with Gasteiger partial charge in [-0.2, -0.15) is 0 Å². The van der Waals surface area contributed by atoms with E-state index in [1.807, 2.05) is 42.3 Å². The van der Waals surface area contributed by atoms with Crippen molar-refractivity contribution in [3.8, 4) is 0 Å². The molecular formula is C22H24FN3O2. The highest BCUT2D eigenvalue weighted by Crippen LogP contribution is 2.30. The maximum atomic E-state index is 13.3. The Morgan fingerprint density at radius 1 is 1.04 bits per heavy atom. The van der Waals surface area contributed by atoms with Gasteiger partial charge < -0.3 is 4.90 Å². The number of amides is 2. The van der Waals surface area contributed by atoms with Gasteiger partial charge >= 0.3 is 0 Å². The molecule has 28 heavy (non-hydrogen) atoms. The van der Waals surface area contributed by atoms with Gasteiger partial charge in [0.15, 0.2) is 0 Å². The summed E-state index contributed by atoms with van der Waals surface area (Å²) in [6.45, 7) is 1.90. The second-order valence-electron chi connectivity index (χ2n) is 7.49. The largest absolute Gasteiger partial charge is 0.338 e. The monoisotopic (exact) mass is 381 g/mol. The Balaban J connectivity index is 1.54. The van der Waals surface area contributed by atoms with Crippen LogP contribution in [0.2, 0.25) is 0 Å². The van der Waals surface area contributed by atoms with Crippen LogP contribution in [0.4, 0.5) is 10.1 Å². The number of halogens is 1. The number of benzene rings is 2. The predicted octanol–water partition coefficient (Wildman–Crippen LogP) is 2.84. The number of para-hydroxylation sites is 1. The highest BCUT2D eigenvalue weighted by molar-refractivity contribution is 6.03. The van der Waals surface area contributed by atoms with Gasteiger partial charge in [0.25, 0.3) is 0 Å². The van der Waals surface area contributed by atoms with E-state index >= 15 is 0 Å². The van der Waals surface area contributed by atoms with Crippen molar-refractivity contribution in [2.75, 3.05) is 31.6 Å². The summed E-state index contributed by atoms with van der Waals surface area (Å²) in [5.74, 6) is -0.276. The summed E-state index contributed by atoms with van der Waals surface area (Å²) in [5.41, 5.74) is 1.76. The first-order valence-corrected chi connectivity index (χ1v) is 9.66. The molecule has 4 rings (SSSR count). The van der Waals surface area contributed by atoms with Gasteiger partial charge in [-0.3, -0.25) is 19.4 Å². The van der Waals surface area contributed by atoms with E-state index in [2.05, 4.69) is 4.90 Å². The van der Waals surface area contributed by atoms with E-state index in [1.165, 1.54) is 12.1 Å². The molecule has 5 nitrogen and oxygen atoms in total. The summed E-state index contributed by atoms with van der Waals surface area (Å²) < 4.78 is 13.3. The first-order valence-electron chi connectivity index (χ1n) is 9.66. The van der Waals surface area contributed by atoms with E-state index in [4.69, 9.17) is 0 Å². The van der Waals surface area contributed by atoms with E-state index in [0.29, 0.717) is 25.9 Å². The van der Waals surface area contributed by atoms with Gasteiger partial charge in [-0.05, 0) is 43.3 Å². The average molecular weight is 381 g/mol. The molecule has 2 aliphatic heterocycles. The Bertz CT molecular complexity index is 856. The minimum atomic E-state index is -0.452. The van der Waals surface area contributed by atoms with Gasteiger partial charge in [-0.15, -0.1) is 0 Å². The molecule has 0 saturated carbocycles. The zero-order chi connectivity index (χ0) is 19.7. The number of anilines is 1. The fourth-order valence-electron chi connectivity index (χ4n) is 4.16. The molecular weight excluding hydrogens is 357 g/mol. The zero-order valence-electron chi connectivity index (χ0n) is 15.9. The molecule has 0 radical (unpaired) electrons. The van der Waals surface area contributed by atoms with E-state index in [0.717, 1.165) is 17.8 Å². The fraction of sp³-hybridized carbons (Fsp3) is 0.364. The number of carbonyl (C=O) groups excluding carboxylic acids is 2. The van der Waals surface area contributed by atoms with E-state index in [9.17, 15) is 14.0 Å². The second kappa shape index (κ2) is 7.72. The molecule has 2 unspecified atom stereocenters. The molecule has 2 aromatic rings. The standard InChI is InChI=1S/C22H24FN3O2/c1-24-13-14-25(15-20(24)16-7-9-17(23)10-8-16)22(28)19-11-12-21(27)26(19)18-5-3-2-4-6-18/h2-10,19-20H,11-15H2,1H3. The maximum absolute atomic E-state index is 13.3. The topological polar surface area (TPSA) is 43.9 Å². The van der Waals surface area contributed by atoms with E-state index in [-0.39, 0.29) is 23.7 Å². The number of likely N-dealkylation sites (N-methyl/N-ethyl adjacent to an activating group) is 1. The number of hydrogen-bond donors (Lipinski definition) is 0. The lowest BCUT2D eigenvalue weighted by Gasteiger charge is -2.41. The number of piperazine rings is 1. The number of hydrogen-bond acceptors (Lipinski definition) is 3. The van der Waals surface area contributed by atoms with Gasteiger partial charge in [-0.25, -0.2) is 4.39 Å². The van der Waals surface area contributed by atoms with E-state index in [1.54, 1.807) is 17.0 Å². The molecule has 0 bridgehead atoms. The third-order valence-electron chi connectivity index (χ3n) is 5.75. The minimum absolute atomic E-state index is 0.00471. The van der Waals surface area contributed by atoms with Crippen molar-refractivity contribution in [1.29, 1.82) is 0 Å². The van der Waals surface area contributed by atoms with Crippen LogP contribution in [0.1, 0.15) is 24.4 Å². The molecule has 2 aliphatic rings. The minimum Gasteiger partial charge on any atom is -0.338 e. The van der Waals surface area contributed by atoms with Crippen LogP contribution in [0.15, 0.2) is 54.6 Å². The van der Waals surface area contributed by atoms with Crippen LogP contribution >= 0.6 is 0 Å². The fourth-order valence-corrected chi connectivity index (χ4v) is 4.16. The first kappa shape index (κ1) is 18.6. The third-order valence-corrected chi connectivity index (χ3v) is 5.75. The Kier molecular flexibility index (Phi) is 5.13. The lowest BCUT2D eigenvalue weighted by Crippen LogP contribution is -2.54. The van der Waals surface area contributed by atoms with Crippen molar-refractivity contribution < 1.29 is 14.0 Å². The number of carbonyl (C=O) groups is 2. The lowest BCUT2D eigenvalue weighted by molar-refractivity contribution is -0.135. The summed E-state index contributed by atoms with van der Waals surface area (Å²) in [4.78, 5) is 31.5. The first-order chi connectivity index (χ1) is 13.5. The average Bonchev–Trinajstić information content (AvgIpc) is 3.10. The molecule has 0 N–H and O–H groups in total. The van der Waals surface area contributed by atoms with Gasteiger partial charge in [-0.1, -0.05) is 30.3 Å². The summed E-state index contributed by atoms with van der Waals surface area (Å²) in [7, 11) is 2.02. The molecule has 0 spiro atoms.